The zero-order valence-electron chi connectivity index (χ0n) is 49.4. The fourth-order valence-corrected chi connectivity index (χ4v) is 11.5. The maximum absolute atomic E-state index is 13.1. The predicted octanol–water partition coefficient (Wildman–Crippen LogP) is 15.3. The molecule has 0 bridgehead atoms. The number of alkyl halides is 1. The molecule has 6 aromatic carbocycles. The van der Waals surface area contributed by atoms with Crippen molar-refractivity contribution in [3.05, 3.63) is 108 Å². The first-order chi connectivity index (χ1) is 37.0. The molecule has 0 saturated heterocycles. The molecule has 16 heteroatoms. The molecule has 0 aliphatic carbocycles. The Morgan fingerprint density at radius 2 is 0.797 bits per heavy atom. The fourth-order valence-electron chi connectivity index (χ4n) is 10.2. The highest BCUT2D eigenvalue weighted by Gasteiger charge is 2.43. The number of hydrogen-bond acceptors (Lipinski definition) is 11. The molecule has 14 nitrogen and oxygen atoms in total. The summed E-state index contributed by atoms with van der Waals surface area (Å²) in [7, 11) is 2.99. The van der Waals surface area contributed by atoms with Crippen molar-refractivity contribution in [1.29, 1.82) is 0 Å². The molecule has 0 radical (unpaired) electrons. The number of hydrogen-bond donors (Lipinski definition) is 1. The van der Waals surface area contributed by atoms with E-state index < -0.39 is 31.2 Å². The second-order valence-corrected chi connectivity index (χ2v) is 30.1. The zero-order chi connectivity index (χ0) is 58.2. The van der Waals surface area contributed by atoms with E-state index in [1.807, 2.05) is 135 Å². The van der Waals surface area contributed by atoms with Gasteiger partial charge in [-0.15, -0.1) is 11.6 Å². The summed E-state index contributed by atoms with van der Waals surface area (Å²) in [6, 6.07) is 29.9. The molecule has 9 rings (SSSR count). The Morgan fingerprint density at radius 1 is 0.506 bits per heavy atom. The molecule has 0 spiro atoms. The minimum absolute atomic E-state index is 0.0252. The van der Waals surface area contributed by atoms with Crippen molar-refractivity contribution >= 4 is 87.6 Å². The largest absolute Gasteiger partial charge is 0.496 e. The summed E-state index contributed by atoms with van der Waals surface area (Å²) in [6.45, 7) is 30.1. The molecule has 1 N–H and O–H groups in total. The van der Waals surface area contributed by atoms with Crippen molar-refractivity contribution in [3.63, 3.8) is 0 Å². The Balaban J connectivity index is 0.000000174. The van der Waals surface area contributed by atoms with E-state index in [1.54, 1.807) is 36.0 Å². The van der Waals surface area contributed by atoms with Gasteiger partial charge in [-0.1, -0.05) is 93.6 Å². The van der Waals surface area contributed by atoms with Crippen LogP contribution in [0.25, 0.3) is 32.3 Å². The Bertz CT molecular complexity index is 3080. The summed E-state index contributed by atoms with van der Waals surface area (Å²) in [5.41, 5.74) is 3.95. The number of halogens is 1. The average Bonchev–Trinajstić information content (AvgIpc) is 4.32. The van der Waals surface area contributed by atoms with Gasteiger partial charge in [-0.3, -0.25) is 14.7 Å². The van der Waals surface area contributed by atoms with Crippen LogP contribution >= 0.6 is 11.6 Å². The van der Waals surface area contributed by atoms with Crippen LogP contribution in [0.1, 0.15) is 118 Å². The van der Waals surface area contributed by atoms with Gasteiger partial charge in [-0.05, 0) is 113 Å². The lowest BCUT2D eigenvalue weighted by atomic mass is 9.95. The summed E-state index contributed by atoms with van der Waals surface area (Å²) in [6.07, 6.45) is -1.09. The lowest BCUT2D eigenvalue weighted by molar-refractivity contribution is 0.0569. The lowest BCUT2D eigenvalue weighted by Gasteiger charge is -2.37. The summed E-state index contributed by atoms with van der Waals surface area (Å²) < 4.78 is 40.1. The van der Waals surface area contributed by atoms with E-state index in [-0.39, 0.29) is 41.6 Å². The Kier molecular flexibility index (Phi) is 17.9. The first-order valence-corrected chi connectivity index (χ1v) is 30.5. The number of amides is 3. The van der Waals surface area contributed by atoms with Gasteiger partial charge >= 0.3 is 18.3 Å². The first kappa shape index (κ1) is 60.4. The van der Waals surface area contributed by atoms with Crippen molar-refractivity contribution in [2.24, 2.45) is 0 Å². The van der Waals surface area contributed by atoms with Crippen LogP contribution in [0.4, 0.5) is 31.4 Å². The molecular formula is C63H82ClN3O11Si. The maximum Gasteiger partial charge on any atom is 0.414 e. The normalized spacial score (nSPS) is 17.1. The molecule has 3 unspecified atom stereocenters. The molecule has 0 aromatic heterocycles. The number of aliphatic hydroxyl groups excluding tert-OH is 1. The van der Waals surface area contributed by atoms with Crippen LogP contribution in [-0.2, 0) is 18.6 Å². The number of benzene rings is 6. The third-order valence-corrected chi connectivity index (χ3v) is 19.6. The van der Waals surface area contributed by atoms with Gasteiger partial charge in [0.2, 0.25) is 0 Å². The number of ether oxygens (including phenoxy) is 6. The minimum Gasteiger partial charge on any atom is -0.496 e. The number of carbonyl (C=O) groups is 3. The number of methoxy groups -OCH3 is 3. The van der Waals surface area contributed by atoms with Crippen molar-refractivity contribution in [2.45, 2.75) is 136 Å². The molecular weight excluding hydrogens is 1040 g/mol. The van der Waals surface area contributed by atoms with Crippen LogP contribution < -0.4 is 28.9 Å². The standard InChI is InChI=1S/C25H37NO4Si.C19H22ClNO3.C19H23NO4/c1-24(2,3)30-23(27)26-15-17(16-29-31(8,9)25(4,5)6)22-19-13-11-10-12-18(19)21(28-7)14-20(22)26;1-19(2,3)24-18(22)21-11-12(10-20)17-14-8-6-5-7-13(14)16(23-4)9-15(17)21;1-19(2,3)24-18(22)20-10-12(11-21)17-14-8-6-5-7-13(14)16(23-4)9-15(17)20/h10-14,17H,15-16H2,1-9H3;5-9,12H,10-11H2,1-4H3;5-9,12,21H,10-11H2,1-4H3. The highest BCUT2D eigenvalue weighted by Crippen LogP contribution is 2.49. The van der Waals surface area contributed by atoms with Gasteiger partial charge in [0.1, 0.15) is 34.1 Å². The predicted molar refractivity (Wildman–Crippen MR) is 321 cm³/mol. The van der Waals surface area contributed by atoms with Gasteiger partial charge in [0.05, 0.1) is 45.0 Å². The van der Waals surface area contributed by atoms with Crippen molar-refractivity contribution < 1.29 is 52.3 Å². The number of aliphatic hydroxyl groups is 1. The molecule has 426 valence electrons. The smallest absolute Gasteiger partial charge is 0.414 e. The number of anilines is 3. The van der Waals surface area contributed by atoms with Gasteiger partial charge in [-0.2, -0.15) is 0 Å². The van der Waals surface area contributed by atoms with Crippen LogP contribution in [0, 0.1) is 0 Å². The second-order valence-electron chi connectivity index (χ2n) is 24.9. The SMILES string of the molecule is COc1cc2c(c3ccccc13)C(CCl)CN2C(=O)OC(C)(C)C.COc1cc2c(c3ccccc13)C(CO)CN2C(=O)OC(C)(C)C.COc1cc2c(c3ccccc13)C(CO[Si](C)(C)C(C)(C)C)CN2C(=O)OC(C)(C)C. The summed E-state index contributed by atoms with van der Waals surface area (Å²) in [5.74, 6) is 2.67. The van der Waals surface area contributed by atoms with Gasteiger partial charge in [0.15, 0.2) is 8.32 Å². The van der Waals surface area contributed by atoms with E-state index in [4.69, 9.17) is 44.4 Å². The second kappa shape index (κ2) is 23.4. The zero-order valence-corrected chi connectivity index (χ0v) is 51.1. The number of carbonyl (C=O) groups excluding carboxylic acids is 3. The van der Waals surface area contributed by atoms with Crippen molar-refractivity contribution in [3.8, 4) is 17.2 Å². The van der Waals surface area contributed by atoms with E-state index in [9.17, 15) is 19.5 Å². The number of nitrogens with zero attached hydrogens (tertiary/aromatic N) is 3. The van der Waals surface area contributed by atoms with Crippen LogP contribution in [0.5, 0.6) is 17.2 Å². The minimum atomic E-state index is -1.93. The van der Waals surface area contributed by atoms with E-state index in [1.165, 1.54) is 0 Å². The van der Waals surface area contributed by atoms with Gasteiger partial charge in [0.25, 0.3) is 0 Å². The number of rotatable bonds is 8. The fraction of sp³-hybridized carbons (Fsp3) is 0.476. The highest BCUT2D eigenvalue weighted by molar-refractivity contribution is 6.74. The Hall–Kier alpha value is -6.26. The number of fused-ring (bicyclic) bond motifs is 9. The third kappa shape index (κ3) is 13.2. The van der Waals surface area contributed by atoms with Gasteiger partial charge in [0, 0.05) is 84.2 Å². The topological polar surface area (TPSA) is 146 Å². The van der Waals surface area contributed by atoms with E-state index in [0.717, 1.165) is 77.6 Å². The molecule has 3 atom stereocenters. The Labute approximate surface area is 473 Å². The molecule has 79 heavy (non-hydrogen) atoms. The van der Waals surface area contributed by atoms with E-state index in [0.29, 0.717) is 37.9 Å². The monoisotopic (exact) mass is 1120 g/mol. The molecule has 6 aromatic rings. The molecule has 3 amide bonds. The maximum atomic E-state index is 13.1. The lowest BCUT2D eigenvalue weighted by Crippen LogP contribution is -2.42. The van der Waals surface area contributed by atoms with Gasteiger partial charge < -0.3 is 38.0 Å². The quantitative estimate of drug-likeness (QED) is 0.0883. The van der Waals surface area contributed by atoms with Crippen LogP contribution in [0.3, 0.4) is 0 Å². The summed E-state index contributed by atoms with van der Waals surface area (Å²) in [4.78, 5) is 43.3. The average molecular weight is 1120 g/mol. The molecule has 3 aliphatic heterocycles. The van der Waals surface area contributed by atoms with Crippen molar-refractivity contribution in [1.82, 2.24) is 0 Å². The molecule has 3 aliphatic rings. The van der Waals surface area contributed by atoms with Crippen molar-refractivity contribution in [2.75, 3.05) is 74.8 Å². The summed E-state index contributed by atoms with van der Waals surface area (Å²) >= 11 is 6.20. The molecule has 0 fully saturated rings. The van der Waals surface area contributed by atoms with Crippen LogP contribution in [0.2, 0.25) is 18.1 Å². The Morgan fingerprint density at radius 3 is 1.09 bits per heavy atom. The molecule has 0 saturated carbocycles. The summed E-state index contributed by atoms with van der Waals surface area (Å²) in [5, 5.41) is 16.2. The van der Waals surface area contributed by atoms with Crippen LogP contribution in [0.15, 0.2) is 91.0 Å². The highest BCUT2D eigenvalue weighted by atomic mass is 35.5. The molecule has 3 heterocycles. The van der Waals surface area contributed by atoms with Gasteiger partial charge in [-0.25, -0.2) is 14.4 Å². The van der Waals surface area contributed by atoms with E-state index >= 15 is 0 Å². The first-order valence-electron chi connectivity index (χ1n) is 27.1. The van der Waals surface area contributed by atoms with E-state index in [2.05, 4.69) is 52.1 Å². The van der Waals surface area contributed by atoms with Crippen LogP contribution in [-0.4, -0.2) is 109 Å². The third-order valence-electron chi connectivity index (χ3n) is 14.7.